The zero-order valence-corrected chi connectivity index (χ0v) is 15.2. The Balaban J connectivity index is 1.46. The highest BCUT2D eigenvalue weighted by atomic mass is 16.6. The molecule has 0 saturated heterocycles. The van der Waals surface area contributed by atoms with Crippen molar-refractivity contribution in [1.29, 1.82) is 0 Å². The largest absolute Gasteiger partial charge is 0.491 e. The zero-order chi connectivity index (χ0) is 18.8. The fraction of sp³-hybridized carbons (Fsp3) is 0.300. The van der Waals surface area contributed by atoms with Gasteiger partial charge in [0.1, 0.15) is 19.0 Å². The van der Waals surface area contributed by atoms with E-state index in [9.17, 15) is 4.79 Å². The van der Waals surface area contributed by atoms with Crippen molar-refractivity contribution in [3.63, 3.8) is 0 Å². The van der Waals surface area contributed by atoms with E-state index >= 15 is 0 Å². The standard InChI is InChI=1S/C20H21N3O4/c1-12(2)27-14-4-5-15-16(11-14)22-23-20(15)21-19(24)10-13-3-6-17-18(9-13)26-8-7-25-17/h3-6,9,11-12H,7-8,10H2,1-2H3,(H2,21,22,23,24). The molecule has 0 fully saturated rings. The van der Waals surface area contributed by atoms with Gasteiger partial charge in [-0.05, 0) is 43.7 Å². The number of aromatic amines is 1. The fourth-order valence-electron chi connectivity index (χ4n) is 3.00. The van der Waals surface area contributed by atoms with Gasteiger partial charge in [-0.1, -0.05) is 6.07 Å². The van der Waals surface area contributed by atoms with Gasteiger partial charge in [0.25, 0.3) is 0 Å². The van der Waals surface area contributed by atoms with Crippen LogP contribution in [-0.4, -0.2) is 35.4 Å². The summed E-state index contributed by atoms with van der Waals surface area (Å²) in [6.45, 7) is 5.01. The first-order valence-electron chi connectivity index (χ1n) is 8.91. The van der Waals surface area contributed by atoms with E-state index in [0.717, 1.165) is 22.2 Å². The van der Waals surface area contributed by atoms with Crippen molar-refractivity contribution in [3.05, 3.63) is 42.0 Å². The van der Waals surface area contributed by atoms with Gasteiger partial charge in [-0.25, -0.2) is 0 Å². The average Bonchev–Trinajstić information content (AvgIpc) is 3.03. The molecule has 0 unspecified atom stereocenters. The number of hydrogen-bond acceptors (Lipinski definition) is 5. The Morgan fingerprint density at radius 3 is 2.81 bits per heavy atom. The van der Waals surface area contributed by atoms with Crippen molar-refractivity contribution >= 4 is 22.6 Å². The van der Waals surface area contributed by atoms with Gasteiger partial charge in [-0.3, -0.25) is 9.89 Å². The third kappa shape index (κ3) is 3.81. The van der Waals surface area contributed by atoms with E-state index in [1.807, 2.05) is 50.2 Å². The summed E-state index contributed by atoms with van der Waals surface area (Å²) in [6, 6.07) is 11.2. The second-order valence-electron chi connectivity index (χ2n) is 6.65. The van der Waals surface area contributed by atoms with E-state index in [0.29, 0.717) is 30.5 Å². The van der Waals surface area contributed by atoms with E-state index in [2.05, 4.69) is 15.5 Å². The Hall–Kier alpha value is -3.22. The highest BCUT2D eigenvalue weighted by molar-refractivity contribution is 6.00. The zero-order valence-electron chi connectivity index (χ0n) is 15.2. The first-order valence-corrected chi connectivity index (χ1v) is 8.91. The maximum atomic E-state index is 12.4. The maximum Gasteiger partial charge on any atom is 0.230 e. The molecule has 7 nitrogen and oxygen atoms in total. The molecule has 0 spiro atoms. The number of hydrogen-bond donors (Lipinski definition) is 2. The first kappa shape index (κ1) is 17.2. The van der Waals surface area contributed by atoms with Crippen molar-refractivity contribution < 1.29 is 19.0 Å². The van der Waals surface area contributed by atoms with E-state index in [-0.39, 0.29) is 18.4 Å². The molecule has 0 radical (unpaired) electrons. The number of fused-ring (bicyclic) bond motifs is 2. The predicted octanol–water partition coefficient (Wildman–Crippen LogP) is 3.30. The lowest BCUT2D eigenvalue weighted by Crippen LogP contribution is -2.17. The third-order valence-electron chi connectivity index (χ3n) is 4.14. The van der Waals surface area contributed by atoms with Crippen LogP contribution < -0.4 is 19.5 Å². The molecule has 0 bridgehead atoms. The molecule has 0 saturated carbocycles. The summed E-state index contributed by atoms with van der Waals surface area (Å²) in [5.41, 5.74) is 1.66. The molecule has 1 aliphatic heterocycles. The Kier molecular flexibility index (Phi) is 4.58. The van der Waals surface area contributed by atoms with Crippen molar-refractivity contribution in [2.24, 2.45) is 0 Å². The molecular formula is C20H21N3O4. The second kappa shape index (κ2) is 7.19. The molecule has 27 heavy (non-hydrogen) atoms. The highest BCUT2D eigenvalue weighted by Gasteiger charge is 2.15. The number of nitrogens with one attached hydrogen (secondary N) is 2. The lowest BCUT2D eigenvalue weighted by molar-refractivity contribution is -0.115. The SMILES string of the molecule is CC(C)Oc1ccc2c(NC(=O)Cc3ccc4c(c3)OCCO4)n[nH]c2c1. The van der Waals surface area contributed by atoms with Gasteiger partial charge in [0.2, 0.25) is 5.91 Å². The second-order valence-corrected chi connectivity index (χ2v) is 6.65. The van der Waals surface area contributed by atoms with E-state index in [1.165, 1.54) is 0 Å². The maximum absolute atomic E-state index is 12.4. The summed E-state index contributed by atoms with van der Waals surface area (Å²) in [7, 11) is 0. The van der Waals surface area contributed by atoms with Gasteiger partial charge in [-0.15, -0.1) is 0 Å². The number of carbonyl (C=O) groups excluding carboxylic acids is 1. The number of carbonyl (C=O) groups is 1. The lowest BCUT2D eigenvalue weighted by Gasteiger charge is -2.18. The molecule has 4 rings (SSSR count). The molecule has 0 atom stereocenters. The summed E-state index contributed by atoms with van der Waals surface area (Å²) in [4.78, 5) is 12.4. The van der Waals surface area contributed by atoms with Gasteiger partial charge in [0, 0.05) is 11.5 Å². The highest BCUT2D eigenvalue weighted by Crippen LogP contribution is 2.31. The van der Waals surface area contributed by atoms with E-state index in [1.54, 1.807) is 0 Å². The van der Waals surface area contributed by atoms with Gasteiger partial charge >= 0.3 is 0 Å². The van der Waals surface area contributed by atoms with Crippen LogP contribution in [0.15, 0.2) is 36.4 Å². The summed E-state index contributed by atoms with van der Waals surface area (Å²) in [6.07, 6.45) is 0.315. The predicted molar refractivity (Wildman–Crippen MR) is 102 cm³/mol. The molecule has 0 aliphatic carbocycles. The molecule has 2 N–H and O–H groups in total. The monoisotopic (exact) mass is 367 g/mol. The summed E-state index contributed by atoms with van der Waals surface area (Å²) < 4.78 is 16.7. The van der Waals surface area contributed by atoms with Crippen LogP contribution in [0.4, 0.5) is 5.82 Å². The van der Waals surface area contributed by atoms with Crippen LogP contribution in [0, 0.1) is 0 Å². The molecule has 140 valence electrons. The van der Waals surface area contributed by atoms with Crippen molar-refractivity contribution in [3.8, 4) is 17.2 Å². The van der Waals surface area contributed by atoms with Gasteiger partial charge in [-0.2, -0.15) is 5.10 Å². The molecule has 1 amide bonds. The van der Waals surface area contributed by atoms with Gasteiger partial charge in [0.15, 0.2) is 17.3 Å². The Labute approximate surface area is 156 Å². The number of nitrogens with zero attached hydrogens (tertiary/aromatic N) is 1. The van der Waals surface area contributed by atoms with E-state index < -0.39 is 0 Å². The number of ether oxygens (including phenoxy) is 3. The van der Waals surface area contributed by atoms with Crippen molar-refractivity contribution in [2.45, 2.75) is 26.4 Å². The Morgan fingerprint density at radius 2 is 2.00 bits per heavy atom. The van der Waals surface area contributed by atoms with Crippen LogP contribution in [0.3, 0.4) is 0 Å². The Bertz CT molecular complexity index is 981. The molecule has 3 aromatic rings. The lowest BCUT2D eigenvalue weighted by atomic mass is 10.1. The molecule has 2 heterocycles. The van der Waals surface area contributed by atoms with Crippen LogP contribution in [-0.2, 0) is 11.2 Å². The van der Waals surface area contributed by atoms with Crippen molar-refractivity contribution in [2.75, 3.05) is 18.5 Å². The Morgan fingerprint density at radius 1 is 1.19 bits per heavy atom. The first-order chi connectivity index (χ1) is 13.1. The summed E-state index contributed by atoms with van der Waals surface area (Å²) >= 11 is 0. The van der Waals surface area contributed by atoms with E-state index in [4.69, 9.17) is 14.2 Å². The quantitative estimate of drug-likeness (QED) is 0.723. The number of amides is 1. The third-order valence-corrected chi connectivity index (χ3v) is 4.14. The molecule has 1 aliphatic rings. The van der Waals surface area contributed by atoms with Crippen LogP contribution in [0.1, 0.15) is 19.4 Å². The minimum Gasteiger partial charge on any atom is -0.491 e. The number of H-pyrrole nitrogens is 1. The van der Waals surface area contributed by atoms with Gasteiger partial charge < -0.3 is 19.5 Å². The fourth-order valence-corrected chi connectivity index (χ4v) is 3.00. The average molecular weight is 367 g/mol. The minimum absolute atomic E-state index is 0.0931. The smallest absolute Gasteiger partial charge is 0.230 e. The normalized spacial score (nSPS) is 13.0. The summed E-state index contributed by atoms with van der Waals surface area (Å²) in [5, 5.41) is 10.8. The van der Waals surface area contributed by atoms with Gasteiger partial charge in [0.05, 0.1) is 18.0 Å². The van der Waals surface area contributed by atoms with Crippen LogP contribution in [0.5, 0.6) is 17.2 Å². The number of aromatic nitrogens is 2. The van der Waals surface area contributed by atoms with Crippen molar-refractivity contribution in [1.82, 2.24) is 10.2 Å². The number of rotatable bonds is 5. The van der Waals surface area contributed by atoms with Crippen LogP contribution >= 0.6 is 0 Å². The molecule has 7 heteroatoms. The minimum atomic E-state index is -0.150. The topological polar surface area (TPSA) is 85.5 Å². The summed E-state index contributed by atoms with van der Waals surface area (Å²) in [5.74, 6) is 2.50. The number of benzene rings is 2. The van der Waals surface area contributed by atoms with Crippen LogP contribution in [0.25, 0.3) is 10.9 Å². The van der Waals surface area contributed by atoms with Crippen LogP contribution in [0.2, 0.25) is 0 Å². The number of anilines is 1. The molecule has 2 aromatic carbocycles. The molecular weight excluding hydrogens is 346 g/mol. The molecule has 1 aromatic heterocycles.